The highest BCUT2D eigenvalue weighted by Gasteiger charge is 2.49. The second-order valence-electron chi connectivity index (χ2n) is 6.21. The van der Waals surface area contributed by atoms with E-state index in [1.807, 2.05) is 6.08 Å². The van der Waals surface area contributed by atoms with Crippen molar-refractivity contribution in [3.63, 3.8) is 0 Å². The number of rotatable bonds is 7. The van der Waals surface area contributed by atoms with E-state index in [4.69, 9.17) is 4.74 Å². The quantitative estimate of drug-likeness (QED) is 0.299. The first-order valence-corrected chi connectivity index (χ1v) is 9.65. The average molecular weight is 376 g/mol. The summed E-state index contributed by atoms with van der Waals surface area (Å²) in [6.45, 7) is 2.11. The Morgan fingerprint density at radius 3 is 2.40 bits per heavy atom. The zero-order valence-corrected chi connectivity index (χ0v) is 14.5. The minimum absolute atomic E-state index is 0.304. The molecule has 0 N–H and O–H groups in total. The predicted octanol–water partition coefficient (Wildman–Crippen LogP) is 4.72. The monoisotopic (exact) mass is 376 g/mol. The fraction of sp³-hybridized carbons (Fsp3) is 0.529. The van der Waals surface area contributed by atoms with Gasteiger partial charge in [0.1, 0.15) is 18.0 Å². The van der Waals surface area contributed by atoms with Crippen LogP contribution in [0.25, 0.3) is 0 Å². The first-order valence-electron chi connectivity index (χ1n) is 8.25. The highest BCUT2D eigenvalue weighted by molar-refractivity contribution is 7.88. The molecular formula is C17H19F3O4S. The molecule has 8 heteroatoms. The molecule has 2 aliphatic heterocycles. The van der Waals surface area contributed by atoms with Gasteiger partial charge in [-0.15, -0.1) is 0 Å². The Morgan fingerprint density at radius 1 is 1.08 bits per heavy atom. The number of fused-ring (bicyclic) bond motifs is 5. The van der Waals surface area contributed by atoms with Crippen LogP contribution in [0, 0.1) is 0 Å². The molecule has 0 aromatic heterocycles. The lowest BCUT2D eigenvalue weighted by molar-refractivity contribution is -0.0500. The minimum Gasteiger partial charge on any atom is -0.376 e. The third kappa shape index (κ3) is 3.42. The van der Waals surface area contributed by atoms with Crippen molar-refractivity contribution < 1.29 is 30.5 Å². The first-order chi connectivity index (χ1) is 11.7. The van der Waals surface area contributed by atoms with Gasteiger partial charge in [-0.3, -0.25) is 0 Å². The van der Waals surface area contributed by atoms with Crippen LogP contribution in [0.3, 0.4) is 0 Å². The van der Waals surface area contributed by atoms with Crippen molar-refractivity contribution in [1.29, 1.82) is 0 Å². The summed E-state index contributed by atoms with van der Waals surface area (Å²) in [5, 5.41) is 0. The lowest BCUT2D eigenvalue weighted by atomic mass is 9.89. The van der Waals surface area contributed by atoms with Gasteiger partial charge in [-0.25, -0.2) is 0 Å². The standard InChI is InChI=1S/C17H19F3O4S/c1-2-3-4-5-6-11-7-8-14(24-25(21,22)17(18,19)20)16-13-10-9-12(23-13)15(11)16/h7-10,12-13H,2-6H2,1H3. The van der Waals surface area contributed by atoms with E-state index < -0.39 is 21.7 Å². The zero-order valence-electron chi connectivity index (χ0n) is 13.7. The van der Waals surface area contributed by atoms with Gasteiger partial charge in [0, 0.05) is 5.56 Å². The molecule has 0 saturated heterocycles. The lowest BCUT2D eigenvalue weighted by Gasteiger charge is -2.18. The Morgan fingerprint density at radius 2 is 1.76 bits per heavy atom. The topological polar surface area (TPSA) is 52.6 Å². The minimum atomic E-state index is -5.71. The van der Waals surface area contributed by atoms with Crippen LogP contribution in [0.15, 0.2) is 24.3 Å². The molecule has 2 bridgehead atoms. The van der Waals surface area contributed by atoms with Crippen LogP contribution in [-0.2, 0) is 21.3 Å². The highest BCUT2D eigenvalue weighted by atomic mass is 32.2. The second-order valence-corrected chi connectivity index (χ2v) is 7.74. The molecule has 2 aliphatic rings. The van der Waals surface area contributed by atoms with Gasteiger partial charge in [-0.2, -0.15) is 21.6 Å². The Kier molecular flexibility index (Phi) is 4.85. The molecule has 1 aromatic rings. The molecule has 0 radical (unpaired) electrons. The van der Waals surface area contributed by atoms with E-state index >= 15 is 0 Å². The Bertz CT molecular complexity index is 784. The van der Waals surface area contributed by atoms with Gasteiger partial charge in [0.05, 0.1) is 0 Å². The van der Waals surface area contributed by atoms with Gasteiger partial charge >= 0.3 is 15.6 Å². The van der Waals surface area contributed by atoms with E-state index in [1.54, 1.807) is 12.1 Å². The smallest absolute Gasteiger partial charge is 0.376 e. The number of unbranched alkanes of at least 4 members (excludes halogenated alkanes) is 3. The van der Waals surface area contributed by atoms with Crippen molar-refractivity contribution in [2.24, 2.45) is 0 Å². The van der Waals surface area contributed by atoms with Crippen molar-refractivity contribution in [2.45, 2.75) is 56.7 Å². The number of ether oxygens (including phenoxy) is 1. The molecule has 0 spiro atoms. The largest absolute Gasteiger partial charge is 0.534 e. The predicted molar refractivity (Wildman–Crippen MR) is 85.6 cm³/mol. The van der Waals surface area contributed by atoms with Crippen LogP contribution in [0.1, 0.15) is 61.5 Å². The van der Waals surface area contributed by atoms with E-state index in [0.29, 0.717) is 5.56 Å². The summed E-state index contributed by atoms with van der Waals surface area (Å²) in [6, 6.07) is 2.94. The molecule has 1 aromatic carbocycles. The van der Waals surface area contributed by atoms with Crippen LogP contribution in [0.5, 0.6) is 5.75 Å². The number of halogens is 3. The molecule has 3 rings (SSSR count). The van der Waals surface area contributed by atoms with Crippen molar-refractivity contribution in [3.8, 4) is 5.75 Å². The maximum Gasteiger partial charge on any atom is 0.534 e. The highest BCUT2D eigenvalue weighted by Crippen LogP contribution is 2.51. The molecule has 0 saturated carbocycles. The van der Waals surface area contributed by atoms with Crippen molar-refractivity contribution in [2.75, 3.05) is 0 Å². The van der Waals surface area contributed by atoms with Gasteiger partial charge in [0.2, 0.25) is 0 Å². The number of alkyl halides is 3. The molecule has 2 heterocycles. The lowest BCUT2D eigenvalue weighted by Crippen LogP contribution is -2.28. The number of benzene rings is 1. The van der Waals surface area contributed by atoms with E-state index in [-0.39, 0.29) is 11.9 Å². The fourth-order valence-electron chi connectivity index (χ4n) is 3.27. The number of hydrogen-bond donors (Lipinski definition) is 0. The fourth-order valence-corrected chi connectivity index (χ4v) is 3.74. The second kappa shape index (κ2) is 6.64. The van der Waals surface area contributed by atoms with Crippen LogP contribution in [0.4, 0.5) is 13.2 Å². The van der Waals surface area contributed by atoms with Crippen LogP contribution in [-0.4, -0.2) is 13.9 Å². The number of hydrogen-bond acceptors (Lipinski definition) is 4. The third-order valence-electron chi connectivity index (χ3n) is 4.44. The van der Waals surface area contributed by atoms with E-state index in [1.165, 1.54) is 6.07 Å². The molecule has 0 aliphatic carbocycles. The van der Waals surface area contributed by atoms with E-state index in [0.717, 1.165) is 43.2 Å². The molecule has 25 heavy (non-hydrogen) atoms. The Hall–Kier alpha value is -1.54. The van der Waals surface area contributed by atoms with Crippen molar-refractivity contribution in [1.82, 2.24) is 0 Å². The third-order valence-corrected chi connectivity index (χ3v) is 5.41. The summed E-state index contributed by atoms with van der Waals surface area (Å²) in [5.41, 5.74) is -3.35. The Labute approximate surface area is 144 Å². The first kappa shape index (κ1) is 18.3. The molecule has 2 atom stereocenters. The normalized spacial score (nSPS) is 21.6. The summed E-state index contributed by atoms with van der Waals surface area (Å²) < 4.78 is 70.6. The number of aryl methyl sites for hydroxylation is 1. The molecule has 0 fully saturated rings. The van der Waals surface area contributed by atoms with Gasteiger partial charge in [-0.05, 0) is 30.0 Å². The van der Waals surface area contributed by atoms with Crippen LogP contribution in [0.2, 0.25) is 0 Å². The molecular weight excluding hydrogens is 357 g/mol. The summed E-state index contributed by atoms with van der Waals surface area (Å²) in [5.74, 6) is -0.304. The molecule has 0 amide bonds. The SMILES string of the molecule is CCCCCCc1ccc(OS(=O)(=O)C(F)(F)F)c2c1C1C=CC2O1. The van der Waals surface area contributed by atoms with E-state index in [2.05, 4.69) is 11.1 Å². The van der Waals surface area contributed by atoms with Gasteiger partial charge in [0.25, 0.3) is 0 Å². The summed E-state index contributed by atoms with van der Waals surface area (Å²) in [4.78, 5) is 0. The maximum absolute atomic E-state index is 12.6. The summed E-state index contributed by atoms with van der Waals surface area (Å²) >= 11 is 0. The van der Waals surface area contributed by atoms with E-state index in [9.17, 15) is 21.6 Å². The average Bonchev–Trinajstić information content (AvgIpc) is 3.14. The van der Waals surface area contributed by atoms with Gasteiger partial charge < -0.3 is 8.92 Å². The summed E-state index contributed by atoms with van der Waals surface area (Å²) in [6.07, 6.45) is 7.67. The van der Waals surface area contributed by atoms with Gasteiger partial charge in [-0.1, -0.05) is 44.4 Å². The summed E-state index contributed by atoms with van der Waals surface area (Å²) in [7, 11) is -5.71. The van der Waals surface area contributed by atoms with Crippen LogP contribution >= 0.6 is 0 Å². The molecule has 2 unspecified atom stereocenters. The van der Waals surface area contributed by atoms with Crippen molar-refractivity contribution in [3.05, 3.63) is 41.0 Å². The zero-order chi connectivity index (χ0) is 18.2. The molecule has 4 nitrogen and oxygen atoms in total. The molecule has 138 valence electrons. The van der Waals surface area contributed by atoms with Gasteiger partial charge in [0.15, 0.2) is 0 Å². The van der Waals surface area contributed by atoms with Crippen molar-refractivity contribution >= 4 is 10.1 Å². The Balaban J connectivity index is 1.91. The van der Waals surface area contributed by atoms with Crippen LogP contribution < -0.4 is 4.18 Å². The maximum atomic E-state index is 12.6.